The molecule has 88 valence electrons. The largest absolute Gasteiger partial charge is 0.272 e. The number of para-hydroxylation sites is 1. The van der Waals surface area contributed by atoms with Crippen LogP contribution in [0.5, 0.6) is 0 Å². The van der Waals surface area contributed by atoms with Gasteiger partial charge in [0.15, 0.2) is 0 Å². The van der Waals surface area contributed by atoms with E-state index in [1.807, 2.05) is 12.1 Å². The molecule has 0 saturated carbocycles. The lowest BCUT2D eigenvalue weighted by Crippen LogP contribution is -2.01. The molecular formula is C12H16BrNO2. The molecule has 0 aliphatic rings. The van der Waals surface area contributed by atoms with E-state index in [1.165, 1.54) is 0 Å². The topological polar surface area (TPSA) is 43.1 Å². The van der Waals surface area contributed by atoms with E-state index in [-0.39, 0.29) is 10.6 Å². The van der Waals surface area contributed by atoms with Gasteiger partial charge in [-0.1, -0.05) is 47.5 Å². The molecule has 0 aliphatic heterocycles. The minimum Gasteiger partial charge on any atom is -0.258 e. The average molecular weight is 286 g/mol. The summed E-state index contributed by atoms with van der Waals surface area (Å²) in [5.74, 6) is 0. The molecule has 1 aromatic rings. The number of alkyl halides is 1. The molecule has 0 aromatic heterocycles. The first-order chi connectivity index (χ1) is 7.65. The molecule has 1 aromatic carbocycles. The first kappa shape index (κ1) is 13.2. The van der Waals surface area contributed by atoms with Gasteiger partial charge in [0.25, 0.3) is 5.69 Å². The Labute approximate surface area is 104 Å². The Morgan fingerprint density at radius 1 is 1.38 bits per heavy atom. The highest BCUT2D eigenvalue weighted by atomic mass is 79.9. The summed E-state index contributed by atoms with van der Waals surface area (Å²) >= 11 is 3.59. The molecule has 0 saturated heterocycles. The number of rotatable bonds is 6. The molecular weight excluding hydrogens is 270 g/mol. The van der Waals surface area contributed by atoms with E-state index in [0.717, 1.165) is 31.2 Å². The van der Waals surface area contributed by atoms with Gasteiger partial charge in [0.05, 0.1) is 4.92 Å². The maximum atomic E-state index is 10.8. The number of aryl methyl sites for hydroxylation is 1. The molecule has 0 fully saturated rings. The number of nitro benzene ring substituents is 1. The van der Waals surface area contributed by atoms with Crippen molar-refractivity contribution in [2.24, 2.45) is 0 Å². The van der Waals surface area contributed by atoms with Crippen molar-refractivity contribution in [3.63, 3.8) is 0 Å². The van der Waals surface area contributed by atoms with Gasteiger partial charge in [-0.15, -0.1) is 0 Å². The molecule has 0 bridgehead atoms. The smallest absolute Gasteiger partial charge is 0.258 e. The van der Waals surface area contributed by atoms with Crippen LogP contribution in [0.25, 0.3) is 0 Å². The van der Waals surface area contributed by atoms with Crippen LogP contribution in [0, 0.1) is 10.1 Å². The number of benzene rings is 1. The van der Waals surface area contributed by atoms with Crippen LogP contribution in [0.1, 0.15) is 31.7 Å². The van der Waals surface area contributed by atoms with Crippen LogP contribution in [0.4, 0.5) is 5.69 Å². The van der Waals surface area contributed by atoms with Crippen LogP contribution in [0.2, 0.25) is 0 Å². The number of hydrogen-bond acceptors (Lipinski definition) is 2. The third-order valence-electron chi connectivity index (χ3n) is 2.52. The fourth-order valence-electron chi connectivity index (χ4n) is 1.67. The maximum Gasteiger partial charge on any atom is 0.272 e. The summed E-state index contributed by atoms with van der Waals surface area (Å²) in [7, 11) is 0. The van der Waals surface area contributed by atoms with Gasteiger partial charge < -0.3 is 0 Å². The standard InChI is InChI=1S/C12H16BrNO2/c1-2-5-11(13)9-8-10-6-3-4-7-12(10)14(15)16/h3-4,6-7,11H,2,5,8-9H2,1H3. The van der Waals surface area contributed by atoms with Gasteiger partial charge in [0, 0.05) is 16.5 Å². The summed E-state index contributed by atoms with van der Waals surface area (Å²) in [6.07, 6.45) is 3.94. The van der Waals surface area contributed by atoms with Crippen molar-refractivity contribution in [3.8, 4) is 0 Å². The first-order valence-electron chi connectivity index (χ1n) is 5.51. The van der Waals surface area contributed by atoms with E-state index in [9.17, 15) is 10.1 Å². The molecule has 1 rings (SSSR count). The Morgan fingerprint density at radius 2 is 2.06 bits per heavy atom. The highest BCUT2D eigenvalue weighted by molar-refractivity contribution is 9.09. The van der Waals surface area contributed by atoms with Crippen LogP contribution in [-0.4, -0.2) is 9.75 Å². The van der Waals surface area contributed by atoms with Crippen molar-refractivity contribution in [1.82, 2.24) is 0 Å². The fraction of sp³-hybridized carbons (Fsp3) is 0.500. The van der Waals surface area contributed by atoms with Crippen LogP contribution >= 0.6 is 15.9 Å². The van der Waals surface area contributed by atoms with E-state index in [2.05, 4.69) is 22.9 Å². The normalized spacial score (nSPS) is 12.4. The molecule has 0 aliphatic carbocycles. The number of hydrogen-bond donors (Lipinski definition) is 0. The average Bonchev–Trinajstić information content (AvgIpc) is 2.27. The Bertz CT molecular complexity index is 355. The Kier molecular flexibility index (Phi) is 5.46. The molecule has 0 spiro atoms. The Hall–Kier alpha value is -0.900. The van der Waals surface area contributed by atoms with E-state index in [4.69, 9.17) is 0 Å². The van der Waals surface area contributed by atoms with Gasteiger partial charge in [-0.25, -0.2) is 0 Å². The number of nitrogens with zero attached hydrogens (tertiary/aromatic N) is 1. The van der Waals surface area contributed by atoms with E-state index >= 15 is 0 Å². The van der Waals surface area contributed by atoms with Crippen molar-refractivity contribution in [3.05, 3.63) is 39.9 Å². The van der Waals surface area contributed by atoms with Gasteiger partial charge in [-0.2, -0.15) is 0 Å². The molecule has 0 amide bonds. The summed E-state index contributed by atoms with van der Waals surface area (Å²) in [6, 6.07) is 6.97. The van der Waals surface area contributed by atoms with E-state index < -0.39 is 0 Å². The van der Waals surface area contributed by atoms with Crippen molar-refractivity contribution in [1.29, 1.82) is 0 Å². The Balaban J connectivity index is 2.63. The first-order valence-corrected chi connectivity index (χ1v) is 6.43. The SMILES string of the molecule is CCCC(Br)CCc1ccccc1[N+](=O)[O-]. The molecule has 0 radical (unpaired) electrons. The third kappa shape index (κ3) is 3.93. The van der Waals surface area contributed by atoms with Crippen LogP contribution in [0.3, 0.4) is 0 Å². The van der Waals surface area contributed by atoms with Crippen molar-refractivity contribution < 1.29 is 4.92 Å². The molecule has 1 unspecified atom stereocenters. The molecule has 4 heteroatoms. The second kappa shape index (κ2) is 6.63. The van der Waals surface area contributed by atoms with E-state index in [0.29, 0.717) is 4.83 Å². The molecule has 1 atom stereocenters. The Morgan fingerprint density at radius 3 is 2.69 bits per heavy atom. The van der Waals surface area contributed by atoms with Crippen molar-refractivity contribution in [2.45, 2.75) is 37.4 Å². The summed E-state index contributed by atoms with van der Waals surface area (Å²) in [6.45, 7) is 2.14. The molecule has 3 nitrogen and oxygen atoms in total. The monoisotopic (exact) mass is 285 g/mol. The second-order valence-electron chi connectivity index (χ2n) is 3.81. The third-order valence-corrected chi connectivity index (χ3v) is 3.43. The summed E-state index contributed by atoms with van der Waals surface area (Å²) < 4.78 is 0. The van der Waals surface area contributed by atoms with Gasteiger partial charge in [0.2, 0.25) is 0 Å². The summed E-state index contributed by atoms with van der Waals surface area (Å²) in [4.78, 5) is 10.9. The summed E-state index contributed by atoms with van der Waals surface area (Å²) in [5.41, 5.74) is 1.06. The van der Waals surface area contributed by atoms with Gasteiger partial charge in [-0.05, 0) is 19.3 Å². The van der Waals surface area contributed by atoms with Crippen LogP contribution in [0.15, 0.2) is 24.3 Å². The maximum absolute atomic E-state index is 10.8. The lowest BCUT2D eigenvalue weighted by atomic mass is 10.0. The lowest BCUT2D eigenvalue weighted by Gasteiger charge is -2.08. The second-order valence-corrected chi connectivity index (χ2v) is 5.11. The predicted molar refractivity (Wildman–Crippen MR) is 69.0 cm³/mol. The molecule has 16 heavy (non-hydrogen) atoms. The highest BCUT2D eigenvalue weighted by Gasteiger charge is 2.13. The predicted octanol–water partition coefficient (Wildman–Crippen LogP) is 4.09. The van der Waals surface area contributed by atoms with Crippen molar-refractivity contribution >= 4 is 21.6 Å². The quantitative estimate of drug-likeness (QED) is 0.449. The van der Waals surface area contributed by atoms with Gasteiger partial charge >= 0.3 is 0 Å². The van der Waals surface area contributed by atoms with Crippen LogP contribution < -0.4 is 0 Å². The van der Waals surface area contributed by atoms with Crippen molar-refractivity contribution in [2.75, 3.05) is 0 Å². The van der Waals surface area contributed by atoms with Gasteiger partial charge in [0.1, 0.15) is 0 Å². The zero-order chi connectivity index (χ0) is 12.0. The van der Waals surface area contributed by atoms with Gasteiger partial charge in [-0.3, -0.25) is 10.1 Å². The zero-order valence-corrected chi connectivity index (χ0v) is 10.9. The zero-order valence-electron chi connectivity index (χ0n) is 9.36. The lowest BCUT2D eigenvalue weighted by molar-refractivity contribution is -0.385. The van der Waals surface area contributed by atoms with E-state index in [1.54, 1.807) is 12.1 Å². The molecule has 0 N–H and O–H groups in total. The number of nitro groups is 1. The minimum atomic E-state index is -0.307. The fourth-order valence-corrected chi connectivity index (χ4v) is 2.36. The minimum absolute atomic E-state index is 0.235. The highest BCUT2D eigenvalue weighted by Crippen LogP contribution is 2.22. The molecule has 0 heterocycles. The summed E-state index contributed by atoms with van der Waals surface area (Å²) in [5, 5.41) is 10.8. The van der Waals surface area contributed by atoms with Crippen LogP contribution in [-0.2, 0) is 6.42 Å². The number of halogens is 1.